The number of rotatable bonds is 5. The van der Waals surface area contributed by atoms with Crippen LogP contribution in [0.1, 0.15) is 16.7 Å². The Morgan fingerprint density at radius 3 is 2.60 bits per heavy atom. The molecule has 0 aliphatic rings. The van der Waals surface area contributed by atoms with Crippen molar-refractivity contribution in [1.82, 2.24) is 10.3 Å². The van der Waals surface area contributed by atoms with E-state index in [9.17, 15) is 0 Å². The number of benzene rings is 2. The molecule has 0 aliphatic carbocycles. The first-order valence-electron chi connectivity index (χ1n) is 7.59. The van der Waals surface area contributed by atoms with E-state index >= 15 is 0 Å². The summed E-state index contributed by atoms with van der Waals surface area (Å²) in [4.78, 5) is 4.35. The van der Waals surface area contributed by atoms with E-state index in [0.29, 0.717) is 11.4 Å². The minimum atomic E-state index is 0. The van der Waals surface area contributed by atoms with Crippen molar-refractivity contribution in [2.24, 2.45) is 0 Å². The Bertz CT molecular complexity index is 875. The number of hydrogen-bond acceptors (Lipinski definition) is 4. The summed E-state index contributed by atoms with van der Waals surface area (Å²) in [6.45, 7) is 1.64. The summed E-state index contributed by atoms with van der Waals surface area (Å²) in [7, 11) is 0. The van der Waals surface area contributed by atoms with Gasteiger partial charge in [0.25, 0.3) is 0 Å². The van der Waals surface area contributed by atoms with Crippen LogP contribution in [0.25, 0.3) is 10.9 Å². The quantitative estimate of drug-likeness (QED) is 0.664. The average molecular weight is 375 g/mol. The van der Waals surface area contributed by atoms with E-state index in [1.807, 2.05) is 36.4 Å². The fraction of sp³-hybridized carbons (Fsp3) is 0.158. The van der Waals surface area contributed by atoms with Crippen LogP contribution in [0, 0.1) is 11.3 Å². The number of nitrogen functional groups attached to an aromatic ring is 1. The highest BCUT2D eigenvalue weighted by Gasteiger charge is 2.00. The molecule has 3 aromatic rings. The molecule has 3 N–H and O–H groups in total. The smallest absolute Gasteiger partial charge is 0.124 e. The van der Waals surface area contributed by atoms with E-state index in [4.69, 9.17) is 11.0 Å². The van der Waals surface area contributed by atoms with Crippen molar-refractivity contribution in [1.29, 1.82) is 5.26 Å². The predicted octanol–water partition coefficient (Wildman–Crippen LogP) is 3.86. The number of nitrogens with two attached hydrogens (primary N) is 1. The number of aromatic nitrogens is 1. The summed E-state index contributed by atoms with van der Waals surface area (Å²) in [6.07, 6.45) is 0.897. The second-order valence-electron chi connectivity index (χ2n) is 5.50. The molecule has 3 rings (SSSR count). The largest absolute Gasteiger partial charge is 0.384 e. The lowest BCUT2D eigenvalue weighted by Gasteiger charge is -2.07. The van der Waals surface area contributed by atoms with Crippen LogP contribution >= 0.6 is 24.8 Å². The predicted molar refractivity (Wildman–Crippen MR) is 107 cm³/mol. The van der Waals surface area contributed by atoms with Crippen molar-refractivity contribution in [3.8, 4) is 6.07 Å². The lowest BCUT2D eigenvalue weighted by molar-refractivity contribution is 0.687. The van der Waals surface area contributed by atoms with Crippen molar-refractivity contribution < 1.29 is 0 Å². The van der Waals surface area contributed by atoms with Gasteiger partial charge in [0.15, 0.2) is 0 Å². The van der Waals surface area contributed by atoms with Gasteiger partial charge in [0.05, 0.1) is 17.1 Å². The van der Waals surface area contributed by atoms with E-state index in [2.05, 4.69) is 34.6 Å². The Morgan fingerprint density at radius 1 is 1.00 bits per heavy atom. The molecule has 2 aromatic carbocycles. The summed E-state index contributed by atoms with van der Waals surface area (Å²) in [5, 5.41) is 13.4. The number of nitrogens with one attached hydrogen (secondary N) is 1. The molecule has 0 spiro atoms. The van der Waals surface area contributed by atoms with E-state index in [-0.39, 0.29) is 24.8 Å². The number of fused-ring (bicyclic) bond motifs is 1. The van der Waals surface area contributed by atoms with Gasteiger partial charge >= 0.3 is 0 Å². The maximum Gasteiger partial charge on any atom is 0.124 e. The fourth-order valence-corrected chi connectivity index (χ4v) is 2.55. The average Bonchev–Trinajstić information content (AvgIpc) is 2.58. The third-order valence-electron chi connectivity index (χ3n) is 3.75. The zero-order chi connectivity index (χ0) is 16.1. The lowest BCUT2D eigenvalue weighted by Crippen LogP contribution is -2.16. The zero-order valence-electron chi connectivity index (χ0n) is 13.6. The molecule has 0 radical (unpaired) electrons. The molecular formula is C19H20Cl2N4. The number of nitriles is 1. The highest BCUT2D eigenvalue weighted by molar-refractivity contribution is 5.85. The molecule has 0 saturated heterocycles. The number of pyridine rings is 1. The second kappa shape index (κ2) is 9.85. The number of halogens is 2. The Labute approximate surface area is 159 Å². The molecule has 0 fully saturated rings. The van der Waals surface area contributed by atoms with Gasteiger partial charge in [-0.15, -0.1) is 24.8 Å². The molecule has 130 valence electrons. The molecule has 0 amide bonds. The number of nitrogens with zero attached hydrogens (tertiary/aromatic N) is 2. The van der Waals surface area contributed by atoms with Gasteiger partial charge in [0.1, 0.15) is 5.82 Å². The lowest BCUT2D eigenvalue weighted by atomic mass is 10.1. The maximum absolute atomic E-state index is 8.91. The number of anilines is 1. The van der Waals surface area contributed by atoms with Crippen molar-refractivity contribution in [2.75, 3.05) is 12.3 Å². The molecular weight excluding hydrogens is 355 g/mol. The molecule has 0 aliphatic heterocycles. The van der Waals surface area contributed by atoms with E-state index < -0.39 is 0 Å². The fourth-order valence-electron chi connectivity index (χ4n) is 2.55. The van der Waals surface area contributed by atoms with Crippen molar-refractivity contribution in [3.63, 3.8) is 0 Å². The summed E-state index contributed by atoms with van der Waals surface area (Å²) >= 11 is 0. The van der Waals surface area contributed by atoms with Crippen LogP contribution in [0.15, 0.2) is 54.6 Å². The van der Waals surface area contributed by atoms with Crippen molar-refractivity contribution in [3.05, 3.63) is 71.3 Å². The van der Waals surface area contributed by atoms with Gasteiger partial charge in [-0.25, -0.2) is 4.98 Å². The molecule has 1 heterocycles. The minimum Gasteiger partial charge on any atom is -0.384 e. The topological polar surface area (TPSA) is 74.7 Å². The monoisotopic (exact) mass is 374 g/mol. The summed E-state index contributed by atoms with van der Waals surface area (Å²) < 4.78 is 0. The Balaban J connectivity index is 0.00000156. The highest BCUT2D eigenvalue weighted by atomic mass is 35.5. The van der Waals surface area contributed by atoms with Gasteiger partial charge in [-0.2, -0.15) is 5.26 Å². The van der Waals surface area contributed by atoms with Crippen molar-refractivity contribution in [2.45, 2.75) is 13.0 Å². The molecule has 0 unspecified atom stereocenters. The normalized spacial score (nSPS) is 9.72. The highest BCUT2D eigenvalue weighted by Crippen LogP contribution is 2.15. The molecule has 25 heavy (non-hydrogen) atoms. The molecule has 6 heteroatoms. The first-order valence-corrected chi connectivity index (χ1v) is 7.59. The van der Waals surface area contributed by atoms with Gasteiger partial charge < -0.3 is 11.1 Å². The van der Waals surface area contributed by atoms with Gasteiger partial charge in [-0.3, -0.25) is 0 Å². The van der Waals surface area contributed by atoms with Crippen molar-refractivity contribution >= 4 is 41.5 Å². The zero-order valence-corrected chi connectivity index (χ0v) is 15.2. The Hall–Kier alpha value is -2.32. The standard InChI is InChI=1S/C19H18N4.2ClH/c20-12-15-3-1-2-14(10-15)8-9-22-13-16-4-5-17-6-7-19(21)23-18(17)11-16;;/h1-7,10-11,22H,8-9,13H2,(H2,21,23);2*1H. The van der Waals surface area contributed by atoms with Crippen LogP contribution in [-0.2, 0) is 13.0 Å². The van der Waals surface area contributed by atoms with Gasteiger partial charge in [0.2, 0.25) is 0 Å². The summed E-state index contributed by atoms with van der Waals surface area (Å²) in [6, 6.07) is 19.9. The van der Waals surface area contributed by atoms with Crippen LogP contribution in [-0.4, -0.2) is 11.5 Å². The van der Waals surface area contributed by atoms with Crippen LogP contribution in [0.2, 0.25) is 0 Å². The molecule has 0 atom stereocenters. The minimum absolute atomic E-state index is 0. The van der Waals surface area contributed by atoms with Crippen LogP contribution in [0.3, 0.4) is 0 Å². The van der Waals surface area contributed by atoms with Crippen LogP contribution in [0.5, 0.6) is 0 Å². The first-order chi connectivity index (χ1) is 11.2. The molecule has 0 saturated carbocycles. The van der Waals surface area contributed by atoms with Crippen LogP contribution < -0.4 is 11.1 Å². The Kier molecular flexibility index (Phi) is 8.17. The van der Waals surface area contributed by atoms with Gasteiger partial charge in [0, 0.05) is 11.9 Å². The molecule has 0 bridgehead atoms. The Morgan fingerprint density at radius 2 is 1.80 bits per heavy atom. The molecule has 4 nitrogen and oxygen atoms in total. The van der Waals surface area contributed by atoms with Gasteiger partial charge in [-0.1, -0.05) is 24.3 Å². The first kappa shape index (κ1) is 20.7. The van der Waals surface area contributed by atoms with E-state index in [1.165, 1.54) is 11.1 Å². The number of hydrogen-bond donors (Lipinski definition) is 2. The summed E-state index contributed by atoms with van der Waals surface area (Å²) in [5.74, 6) is 0.542. The van der Waals surface area contributed by atoms with E-state index in [0.717, 1.165) is 30.4 Å². The van der Waals surface area contributed by atoms with Gasteiger partial charge in [-0.05, 0) is 54.4 Å². The maximum atomic E-state index is 8.91. The second-order valence-corrected chi connectivity index (χ2v) is 5.50. The summed E-state index contributed by atoms with van der Waals surface area (Å²) in [5.41, 5.74) is 9.72. The van der Waals surface area contributed by atoms with Crippen LogP contribution in [0.4, 0.5) is 5.82 Å². The third-order valence-corrected chi connectivity index (χ3v) is 3.75. The SMILES string of the molecule is Cl.Cl.N#Cc1cccc(CCNCc2ccc3ccc(N)nc3c2)c1. The van der Waals surface area contributed by atoms with E-state index in [1.54, 1.807) is 0 Å². The molecule has 1 aromatic heterocycles. The third kappa shape index (κ3) is 5.61.